The molecule has 2 aromatic carbocycles. The van der Waals surface area contributed by atoms with Crippen LogP contribution in [0.15, 0.2) is 30.3 Å². The van der Waals surface area contributed by atoms with Crippen LogP contribution in [0, 0.1) is 17.5 Å². The molecule has 0 amide bonds. The zero-order valence-corrected chi connectivity index (χ0v) is 13.7. The van der Waals surface area contributed by atoms with Crippen molar-refractivity contribution in [1.29, 1.82) is 0 Å². The molecule has 0 N–H and O–H groups in total. The number of hydrogen-bond acceptors (Lipinski definition) is 1. The van der Waals surface area contributed by atoms with Crippen molar-refractivity contribution in [2.75, 3.05) is 0 Å². The molecule has 0 saturated heterocycles. The smallest absolute Gasteiger partial charge is 0.403 e. The number of fused-ring (bicyclic) bond motifs is 1. The lowest BCUT2D eigenvalue weighted by molar-refractivity contribution is -0.275. The average molecular weight is 372 g/mol. The van der Waals surface area contributed by atoms with E-state index in [9.17, 15) is 26.3 Å². The van der Waals surface area contributed by atoms with Gasteiger partial charge in [-0.05, 0) is 59.7 Å². The van der Waals surface area contributed by atoms with Crippen molar-refractivity contribution < 1.29 is 31.1 Å². The van der Waals surface area contributed by atoms with Crippen molar-refractivity contribution >= 4 is 5.57 Å². The monoisotopic (exact) mass is 372 g/mol. The predicted octanol–water partition coefficient (Wildman–Crippen LogP) is 5.75. The third-order valence-corrected chi connectivity index (χ3v) is 4.30. The van der Waals surface area contributed by atoms with Crippen LogP contribution in [0.5, 0.6) is 5.75 Å². The second kappa shape index (κ2) is 6.70. The van der Waals surface area contributed by atoms with E-state index in [-0.39, 0.29) is 24.0 Å². The number of allylic oxidation sites excluding steroid dienone is 2. The van der Waals surface area contributed by atoms with E-state index in [1.165, 1.54) is 24.3 Å². The molecule has 1 aliphatic carbocycles. The molecule has 26 heavy (non-hydrogen) atoms. The number of ether oxygens (including phenoxy) is 1. The Labute approximate surface area is 145 Å². The molecule has 3 rings (SSSR count). The normalized spacial score (nSPS) is 14.0. The maximum absolute atomic E-state index is 14.3. The molecule has 1 aliphatic rings. The van der Waals surface area contributed by atoms with Gasteiger partial charge >= 0.3 is 6.36 Å². The molecule has 0 fully saturated rings. The molecule has 0 saturated carbocycles. The molecule has 0 unspecified atom stereocenters. The summed E-state index contributed by atoms with van der Waals surface area (Å²) in [6, 6.07) is 4.64. The molecule has 1 nitrogen and oxygen atoms in total. The van der Waals surface area contributed by atoms with E-state index in [4.69, 9.17) is 0 Å². The largest absolute Gasteiger partial charge is 0.573 e. The first-order valence-electron chi connectivity index (χ1n) is 7.93. The maximum atomic E-state index is 14.3. The van der Waals surface area contributed by atoms with E-state index in [2.05, 4.69) is 4.74 Å². The van der Waals surface area contributed by atoms with Crippen LogP contribution in [0.4, 0.5) is 26.3 Å². The summed E-state index contributed by atoms with van der Waals surface area (Å²) < 4.78 is 83.4. The maximum Gasteiger partial charge on any atom is 0.573 e. The quantitative estimate of drug-likeness (QED) is 0.624. The molecule has 0 aromatic heterocycles. The molecule has 0 spiro atoms. The van der Waals surface area contributed by atoms with Crippen LogP contribution in [0.3, 0.4) is 0 Å². The first kappa shape index (κ1) is 18.4. The summed E-state index contributed by atoms with van der Waals surface area (Å²) in [5.41, 5.74) is 1.05. The molecule has 0 atom stereocenters. The van der Waals surface area contributed by atoms with Crippen molar-refractivity contribution in [3.8, 4) is 5.75 Å². The topological polar surface area (TPSA) is 9.23 Å². The third kappa shape index (κ3) is 3.57. The third-order valence-electron chi connectivity index (χ3n) is 4.30. The van der Waals surface area contributed by atoms with Crippen molar-refractivity contribution in [3.63, 3.8) is 0 Å². The van der Waals surface area contributed by atoms with Gasteiger partial charge < -0.3 is 4.74 Å². The zero-order chi connectivity index (χ0) is 19.1. The zero-order valence-electron chi connectivity index (χ0n) is 13.7. The van der Waals surface area contributed by atoms with E-state index in [0.29, 0.717) is 23.1 Å². The highest BCUT2D eigenvalue weighted by Crippen LogP contribution is 2.36. The van der Waals surface area contributed by atoms with E-state index < -0.39 is 29.6 Å². The van der Waals surface area contributed by atoms with Gasteiger partial charge in [-0.3, -0.25) is 0 Å². The van der Waals surface area contributed by atoms with E-state index in [0.717, 1.165) is 6.07 Å². The fourth-order valence-corrected chi connectivity index (χ4v) is 3.06. The standard InChI is InChI=1S/C19H14F6O/c1-2-10-7-14(20)17(15(21)8-10)12-3-5-13-11(9-12)4-6-16(18(13)22)26-19(23,24)25/h3-4,6-8H,2,5,9H2,1H3. The van der Waals surface area contributed by atoms with E-state index in [1.807, 2.05) is 0 Å². The minimum absolute atomic E-state index is 0.0118. The molecule has 0 aliphatic heterocycles. The second-order valence-corrected chi connectivity index (χ2v) is 5.96. The van der Waals surface area contributed by atoms with Gasteiger partial charge in [-0.25, -0.2) is 13.2 Å². The highest BCUT2D eigenvalue weighted by molar-refractivity contribution is 5.72. The number of hydrogen-bond donors (Lipinski definition) is 0. The SMILES string of the molecule is CCc1cc(F)c(C2=CCc3c(ccc(OC(F)(F)F)c3F)C2)c(F)c1. The summed E-state index contributed by atoms with van der Waals surface area (Å²) in [5.74, 6) is -3.46. The summed E-state index contributed by atoms with van der Waals surface area (Å²) >= 11 is 0. The number of halogens is 6. The fraction of sp³-hybridized carbons (Fsp3) is 0.263. The van der Waals surface area contributed by atoms with Crippen LogP contribution in [0.1, 0.15) is 29.2 Å². The van der Waals surface area contributed by atoms with Crippen LogP contribution in [-0.2, 0) is 19.3 Å². The van der Waals surface area contributed by atoms with Crippen LogP contribution in [-0.4, -0.2) is 6.36 Å². The molecular weight excluding hydrogens is 358 g/mol. The molecular formula is C19H14F6O. The molecule has 0 radical (unpaired) electrons. The van der Waals surface area contributed by atoms with E-state index >= 15 is 0 Å². The second-order valence-electron chi connectivity index (χ2n) is 5.96. The van der Waals surface area contributed by atoms with Crippen LogP contribution >= 0.6 is 0 Å². The number of aryl methyl sites for hydroxylation is 1. The summed E-state index contributed by atoms with van der Waals surface area (Å²) in [5, 5.41) is 0. The van der Waals surface area contributed by atoms with Crippen molar-refractivity contribution in [3.05, 3.63) is 70.0 Å². The Hall–Kier alpha value is -2.44. The molecule has 0 heterocycles. The first-order valence-corrected chi connectivity index (χ1v) is 7.93. The van der Waals surface area contributed by atoms with Gasteiger partial charge in [0.05, 0.1) is 0 Å². The van der Waals surface area contributed by atoms with Gasteiger partial charge in [0.25, 0.3) is 0 Å². The Bertz CT molecular complexity index is 859. The lowest BCUT2D eigenvalue weighted by atomic mass is 9.87. The summed E-state index contributed by atoms with van der Waals surface area (Å²) in [6.45, 7) is 1.77. The molecule has 0 bridgehead atoms. The Kier molecular flexibility index (Phi) is 4.73. The average Bonchev–Trinajstić information content (AvgIpc) is 2.55. The van der Waals surface area contributed by atoms with Gasteiger partial charge in [-0.15, -0.1) is 13.2 Å². The Morgan fingerprint density at radius 3 is 2.27 bits per heavy atom. The number of rotatable bonds is 3. The highest BCUT2D eigenvalue weighted by atomic mass is 19.4. The van der Waals surface area contributed by atoms with Crippen LogP contribution in [0.25, 0.3) is 5.57 Å². The molecule has 2 aromatic rings. The van der Waals surface area contributed by atoms with Gasteiger partial charge in [0, 0.05) is 5.56 Å². The predicted molar refractivity (Wildman–Crippen MR) is 84.2 cm³/mol. The lowest BCUT2D eigenvalue weighted by Crippen LogP contribution is -2.19. The number of alkyl halides is 3. The summed E-state index contributed by atoms with van der Waals surface area (Å²) in [6.07, 6.45) is -3.17. The highest BCUT2D eigenvalue weighted by Gasteiger charge is 2.33. The van der Waals surface area contributed by atoms with Crippen molar-refractivity contribution in [1.82, 2.24) is 0 Å². The minimum Gasteiger partial charge on any atom is -0.403 e. The van der Waals surface area contributed by atoms with Gasteiger partial charge in [0.15, 0.2) is 11.6 Å². The van der Waals surface area contributed by atoms with Crippen molar-refractivity contribution in [2.24, 2.45) is 0 Å². The van der Waals surface area contributed by atoms with Gasteiger partial charge in [0.1, 0.15) is 11.6 Å². The van der Waals surface area contributed by atoms with Gasteiger partial charge in [-0.2, -0.15) is 0 Å². The van der Waals surface area contributed by atoms with Crippen LogP contribution in [0.2, 0.25) is 0 Å². The van der Waals surface area contributed by atoms with Gasteiger partial charge in [-0.1, -0.05) is 19.1 Å². The van der Waals surface area contributed by atoms with Gasteiger partial charge in [0.2, 0.25) is 0 Å². The van der Waals surface area contributed by atoms with Crippen LogP contribution < -0.4 is 4.74 Å². The Balaban J connectivity index is 1.95. The minimum atomic E-state index is -5.00. The Morgan fingerprint density at radius 2 is 1.69 bits per heavy atom. The molecule has 7 heteroatoms. The Morgan fingerprint density at radius 1 is 1.04 bits per heavy atom. The lowest BCUT2D eigenvalue weighted by Gasteiger charge is -2.21. The summed E-state index contributed by atoms with van der Waals surface area (Å²) in [4.78, 5) is 0. The number of benzene rings is 2. The van der Waals surface area contributed by atoms with Crippen molar-refractivity contribution in [2.45, 2.75) is 32.5 Å². The fourth-order valence-electron chi connectivity index (χ4n) is 3.06. The summed E-state index contributed by atoms with van der Waals surface area (Å²) in [7, 11) is 0. The first-order chi connectivity index (χ1) is 12.2. The van der Waals surface area contributed by atoms with E-state index in [1.54, 1.807) is 6.92 Å². The molecule has 138 valence electrons.